The smallest absolute Gasteiger partial charge is 0.0797 e. The maximum atomic E-state index is 9.69. The predicted molar refractivity (Wildman–Crippen MR) is 75.3 cm³/mol. The fraction of sp³-hybridized carbons (Fsp3) is 0.800. The first-order valence-corrected chi connectivity index (χ1v) is 6.91. The Morgan fingerprint density at radius 3 is 2.05 bits per heavy atom. The van der Waals surface area contributed by atoms with Crippen molar-refractivity contribution in [2.45, 2.75) is 46.5 Å². The Morgan fingerprint density at radius 1 is 1.16 bits per heavy atom. The fourth-order valence-corrected chi connectivity index (χ4v) is 2.38. The van der Waals surface area contributed by atoms with Gasteiger partial charge in [-0.15, -0.1) is 0 Å². The number of hydrogen-bond donors (Lipinski definition) is 3. The number of aliphatic hydroxyl groups is 3. The quantitative estimate of drug-likeness (QED) is 0.441. The van der Waals surface area contributed by atoms with Crippen LogP contribution in [0.2, 0.25) is 0 Å². The van der Waals surface area contributed by atoms with Gasteiger partial charge in [0.1, 0.15) is 0 Å². The molecule has 4 heteroatoms. The van der Waals surface area contributed by atoms with Gasteiger partial charge in [-0.2, -0.15) is 5.26 Å². The summed E-state index contributed by atoms with van der Waals surface area (Å²) in [4.78, 5) is 0. The van der Waals surface area contributed by atoms with E-state index in [1.807, 2.05) is 13.8 Å². The van der Waals surface area contributed by atoms with Crippen molar-refractivity contribution in [3.8, 4) is 6.07 Å². The number of nitrogens with zero attached hydrogens (tertiary/aromatic N) is 1. The van der Waals surface area contributed by atoms with Crippen molar-refractivity contribution in [3.63, 3.8) is 0 Å². The molecule has 0 aliphatic heterocycles. The van der Waals surface area contributed by atoms with Gasteiger partial charge in [0.2, 0.25) is 0 Å². The first-order chi connectivity index (χ1) is 9.02. The summed E-state index contributed by atoms with van der Waals surface area (Å²) in [6.45, 7) is 5.04. The van der Waals surface area contributed by atoms with Gasteiger partial charge >= 0.3 is 0 Å². The highest BCUT2D eigenvalue weighted by Gasteiger charge is 2.40. The van der Waals surface area contributed by atoms with E-state index in [4.69, 9.17) is 0 Å². The zero-order valence-corrected chi connectivity index (χ0v) is 12.3. The SMILES string of the molecule is CCCCCC(CO)(CO)C(C#N)C(CO)=C(C)C. The lowest BCUT2D eigenvalue weighted by atomic mass is 9.69. The first-order valence-electron chi connectivity index (χ1n) is 6.91. The second-order valence-corrected chi connectivity index (χ2v) is 5.38. The third kappa shape index (κ3) is 4.61. The van der Waals surface area contributed by atoms with E-state index in [0.29, 0.717) is 12.0 Å². The normalized spacial score (nSPS) is 12.9. The minimum Gasteiger partial charge on any atom is -0.396 e. The number of aliphatic hydroxyl groups excluding tert-OH is 3. The maximum absolute atomic E-state index is 9.69. The molecule has 1 unspecified atom stereocenters. The first kappa shape index (κ1) is 18.1. The highest BCUT2D eigenvalue weighted by molar-refractivity contribution is 5.24. The summed E-state index contributed by atoms with van der Waals surface area (Å²) < 4.78 is 0. The summed E-state index contributed by atoms with van der Waals surface area (Å²) in [6, 6.07) is 2.17. The largest absolute Gasteiger partial charge is 0.396 e. The van der Waals surface area contributed by atoms with Gasteiger partial charge in [0, 0.05) is 5.41 Å². The van der Waals surface area contributed by atoms with E-state index in [9.17, 15) is 20.6 Å². The molecule has 0 rings (SSSR count). The van der Waals surface area contributed by atoms with Crippen LogP contribution in [0.15, 0.2) is 11.1 Å². The lowest BCUT2D eigenvalue weighted by Crippen LogP contribution is -2.39. The molecule has 0 aliphatic carbocycles. The molecular weight excluding hydrogens is 242 g/mol. The van der Waals surface area contributed by atoms with E-state index < -0.39 is 11.3 Å². The molecule has 3 N–H and O–H groups in total. The average Bonchev–Trinajstić information content (AvgIpc) is 2.41. The van der Waals surface area contributed by atoms with Crippen LogP contribution in [0.3, 0.4) is 0 Å². The molecule has 110 valence electrons. The van der Waals surface area contributed by atoms with Crippen LogP contribution in [-0.4, -0.2) is 35.1 Å². The molecule has 0 aromatic heterocycles. The van der Waals surface area contributed by atoms with E-state index in [1.54, 1.807) is 0 Å². The van der Waals surface area contributed by atoms with Crippen LogP contribution in [0.1, 0.15) is 46.5 Å². The Bertz CT molecular complexity index is 323. The molecule has 0 aliphatic rings. The Kier molecular flexibility index (Phi) is 8.66. The van der Waals surface area contributed by atoms with Crippen LogP contribution in [-0.2, 0) is 0 Å². The maximum Gasteiger partial charge on any atom is 0.0797 e. The molecule has 0 saturated carbocycles. The van der Waals surface area contributed by atoms with Gasteiger partial charge in [0.15, 0.2) is 0 Å². The number of unbranched alkanes of at least 4 members (excludes halogenated alkanes) is 2. The molecule has 0 radical (unpaired) electrons. The van der Waals surface area contributed by atoms with E-state index in [-0.39, 0.29) is 19.8 Å². The molecule has 0 amide bonds. The second kappa shape index (κ2) is 9.08. The molecule has 4 nitrogen and oxygen atoms in total. The van der Waals surface area contributed by atoms with Crippen molar-refractivity contribution < 1.29 is 15.3 Å². The van der Waals surface area contributed by atoms with Gasteiger partial charge in [-0.1, -0.05) is 31.8 Å². The van der Waals surface area contributed by atoms with Crippen molar-refractivity contribution >= 4 is 0 Å². The number of hydrogen-bond acceptors (Lipinski definition) is 4. The Hall–Kier alpha value is -0.890. The Morgan fingerprint density at radius 2 is 1.74 bits per heavy atom. The Balaban J connectivity index is 5.32. The topological polar surface area (TPSA) is 84.5 Å². The van der Waals surface area contributed by atoms with E-state index in [0.717, 1.165) is 24.8 Å². The molecule has 19 heavy (non-hydrogen) atoms. The van der Waals surface area contributed by atoms with E-state index in [2.05, 4.69) is 13.0 Å². The molecule has 0 bridgehead atoms. The zero-order valence-electron chi connectivity index (χ0n) is 12.3. The average molecular weight is 269 g/mol. The van der Waals surface area contributed by atoms with E-state index >= 15 is 0 Å². The van der Waals surface area contributed by atoms with Crippen LogP contribution < -0.4 is 0 Å². The summed E-state index contributed by atoms with van der Waals surface area (Å²) >= 11 is 0. The zero-order chi connectivity index (χ0) is 14.9. The molecule has 0 spiro atoms. The number of rotatable bonds is 9. The van der Waals surface area contributed by atoms with Gasteiger partial charge in [-0.3, -0.25) is 0 Å². The van der Waals surface area contributed by atoms with Crippen LogP contribution in [0.25, 0.3) is 0 Å². The fourth-order valence-electron chi connectivity index (χ4n) is 2.38. The van der Waals surface area contributed by atoms with Crippen molar-refractivity contribution in [1.29, 1.82) is 5.26 Å². The molecule has 0 heterocycles. The van der Waals surface area contributed by atoms with Crippen molar-refractivity contribution in [2.24, 2.45) is 11.3 Å². The van der Waals surface area contributed by atoms with Crippen molar-refractivity contribution in [2.75, 3.05) is 19.8 Å². The third-order valence-electron chi connectivity index (χ3n) is 3.81. The summed E-state index contributed by atoms with van der Waals surface area (Å²) in [5.41, 5.74) is 0.622. The van der Waals surface area contributed by atoms with Crippen LogP contribution in [0.4, 0.5) is 0 Å². The second-order valence-electron chi connectivity index (χ2n) is 5.38. The van der Waals surface area contributed by atoms with E-state index in [1.165, 1.54) is 0 Å². The van der Waals surface area contributed by atoms with Crippen LogP contribution >= 0.6 is 0 Å². The highest BCUT2D eigenvalue weighted by atomic mass is 16.3. The Labute approximate surface area is 116 Å². The summed E-state index contributed by atoms with van der Waals surface area (Å²) in [5.74, 6) is -0.644. The minimum atomic E-state index is -0.862. The summed E-state index contributed by atoms with van der Waals surface area (Å²) in [6.07, 6.45) is 3.49. The van der Waals surface area contributed by atoms with Crippen LogP contribution in [0.5, 0.6) is 0 Å². The minimum absolute atomic E-state index is 0.212. The lowest BCUT2D eigenvalue weighted by Gasteiger charge is -2.36. The summed E-state index contributed by atoms with van der Waals surface area (Å²) in [5, 5.41) is 38.2. The standard InChI is InChI=1S/C15H27NO3/c1-4-5-6-7-15(10-18,11-19)14(8-16)13(9-17)12(2)3/h14,17-19H,4-7,9-11H2,1-3H3. The van der Waals surface area contributed by atoms with Gasteiger partial charge in [0.25, 0.3) is 0 Å². The number of nitriles is 1. The molecule has 1 atom stereocenters. The van der Waals surface area contributed by atoms with Gasteiger partial charge in [-0.05, 0) is 25.8 Å². The number of allylic oxidation sites excluding steroid dienone is 1. The van der Waals surface area contributed by atoms with Crippen LogP contribution in [0, 0.1) is 22.7 Å². The van der Waals surface area contributed by atoms with Crippen molar-refractivity contribution in [1.82, 2.24) is 0 Å². The molecule has 0 fully saturated rings. The molecular formula is C15H27NO3. The molecule has 0 aromatic rings. The van der Waals surface area contributed by atoms with Gasteiger partial charge < -0.3 is 15.3 Å². The molecule has 0 saturated heterocycles. The predicted octanol–water partition coefficient (Wildman–Crippen LogP) is 2.01. The van der Waals surface area contributed by atoms with Crippen molar-refractivity contribution in [3.05, 3.63) is 11.1 Å². The lowest BCUT2D eigenvalue weighted by molar-refractivity contribution is 0.0203. The summed E-state index contributed by atoms with van der Waals surface area (Å²) in [7, 11) is 0. The van der Waals surface area contributed by atoms with Gasteiger partial charge in [-0.25, -0.2) is 0 Å². The van der Waals surface area contributed by atoms with Gasteiger partial charge in [0.05, 0.1) is 31.8 Å². The monoisotopic (exact) mass is 269 g/mol. The highest BCUT2D eigenvalue weighted by Crippen LogP contribution is 2.38. The third-order valence-corrected chi connectivity index (χ3v) is 3.81. The molecule has 0 aromatic carbocycles.